The molecular formula is C23H31ClO3. The largest absolute Gasteiger partial charge is 0.445 e. The minimum atomic E-state index is -0.718. The summed E-state index contributed by atoms with van der Waals surface area (Å²) in [5.41, 5.74) is 0.713. The SMILES string of the molecule is CC[C@]12CC[C@H]3[C@@H](CCC4=CC(O)CC[C@@H]43)[C@@H]1CC[C@]2(C#CCl)OC(C)=O. The van der Waals surface area contributed by atoms with Crippen molar-refractivity contribution < 1.29 is 14.6 Å². The van der Waals surface area contributed by atoms with Crippen molar-refractivity contribution in [3.63, 3.8) is 0 Å². The van der Waals surface area contributed by atoms with E-state index in [0.29, 0.717) is 23.7 Å². The van der Waals surface area contributed by atoms with Gasteiger partial charge in [-0.25, -0.2) is 0 Å². The van der Waals surface area contributed by atoms with Crippen molar-refractivity contribution in [2.45, 2.75) is 83.3 Å². The summed E-state index contributed by atoms with van der Waals surface area (Å²) in [6.45, 7) is 3.73. The third-order valence-corrected chi connectivity index (χ3v) is 8.54. The summed E-state index contributed by atoms with van der Waals surface area (Å²) >= 11 is 5.86. The molecule has 3 saturated carbocycles. The molecule has 4 rings (SSSR count). The number of aliphatic hydroxyl groups excluding tert-OH is 1. The van der Waals surface area contributed by atoms with Gasteiger partial charge in [0, 0.05) is 17.7 Å². The van der Waals surface area contributed by atoms with E-state index >= 15 is 0 Å². The van der Waals surface area contributed by atoms with Crippen molar-refractivity contribution in [2.75, 3.05) is 0 Å². The fourth-order valence-corrected chi connectivity index (χ4v) is 7.69. The highest BCUT2D eigenvalue weighted by Crippen LogP contribution is 2.67. The van der Waals surface area contributed by atoms with E-state index < -0.39 is 5.60 Å². The number of ether oxygens (including phenoxy) is 1. The monoisotopic (exact) mass is 390 g/mol. The Morgan fingerprint density at radius 3 is 2.78 bits per heavy atom. The van der Waals surface area contributed by atoms with E-state index in [1.807, 2.05) is 0 Å². The Balaban J connectivity index is 1.68. The zero-order valence-corrected chi connectivity index (χ0v) is 17.2. The predicted octanol–water partition coefficient (Wildman–Crippen LogP) is 4.81. The molecule has 0 aromatic rings. The Kier molecular flexibility index (Phi) is 5.10. The van der Waals surface area contributed by atoms with Crippen molar-refractivity contribution in [3.05, 3.63) is 11.6 Å². The molecule has 0 aromatic heterocycles. The summed E-state index contributed by atoms with van der Waals surface area (Å²) in [5.74, 6) is 5.49. The molecule has 148 valence electrons. The number of esters is 1. The van der Waals surface area contributed by atoms with Crippen LogP contribution in [0.25, 0.3) is 0 Å². The molecule has 1 unspecified atom stereocenters. The second kappa shape index (κ2) is 7.12. The van der Waals surface area contributed by atoms with Crippen LogP contribution in [-0.2, 0) is 9.53 Å². The van der Waals surface area contributed by atoms with Gasteiger partial charge in [-0.1, -0.05) is 18.6 Å². The van der Waals surface area contributed by atoms with Crippen molar-refractivity contribution in [3.8, 4) is 11.3 Å². The molecule has 0 amide bonds. The molecule has 0 saturated heterocycles. The number of carbonyl (C=O) groups is 1. The van der Waals surface area contributed by atoms with Crippen LogP contribution in [0.3, 0.4) is 0 Å². The molecule has 0 aromatic carbocycles. The van der Waals surface area contributed by atoms with Crippen LogP contribution >= 0.6 is 11.6 Å². The molecule has 4 aliphatic carbocycles. The fraction of sp³-hybridized carbons (Fsp3) is 0.783. The Morgan fingerprint density at radius 2 is 2.07 bits per heavy atom. The zero-order chi connectivity index (χ0) is 19.2. The van der Waals surface area contributed by atoms with Gasteiger partial charge in [0.1, 0.15) is 0 Å². The molecule has 1 N–H and O–H groups in total. The fourth-order valence-electron chi connectivity index (χ4n) is 7.54. The molecule has 4 heteroatoms. The molecule has 3 fully saturated rings. The molecule has 27 heavy (non-hydrogen) atoms. The maximum Gasteiger partial charge on any atom is 0.304 e. The Bertz CT molecular complexity index is 704. The summed E-state index contributed by atoms with van der Waals surface area (Å²) in [4.78, 5) is 11.9. The normalized spacial score (nSPS) is 45.5. The first-order valence-electron chi connectivity index (χ1n) is 10.7. The van der Waals surface area contributed by atoms with E-state index in [1.165, 1.54) is 25.3 Å². The van der Waals surface area contributed by atoms with Crippen LogP contribution in [0.4, 0.5) is 0 Å². The van der Waals surface area contributed by atoms with Crippen molar-refractivity contribution >= 4 is 17.6 Å². The molecular weight excluding hydrogens is 360 g/mol. The Hall–Kier alpha value is -0.980. The Morgan fingerprint density at radius 1 is 1.26 bits per heavy atom. The first-order chi connectivity index (χ1) is 13.0. The molecule has 3 nitrogen and oxygen atoms in total. The van der Waals surface area contributed by atoms with Gasteiger partial charge in [0.15, 0.2) is 5.60 Å². The van der Waals surface area contributed by atoms with Gasteiger partial charge in [-0.3, -0.25) is 4.79 Å². The third kappa shape index (κ3) is 2.87. The van der Waals surface area contributed by atoms with Crippen molar-refractivity contribution in [1.82, 2.24) is 0 Å². The lowest BCUT2D eigenvalue weighted by molar-refractivity contribution is -0.170. The second-order valence-corrected chi connectivity index (χ2v) is 9.38. The summed E-state index contributed by atoms with van der Waals surface area (Å²) in [7, 11) is 0. The maximum absolute atomic E-state index is 11.9. The highest BCUT2D eigenvalue weighted by atomic mass is 35.5. The van der Waals surface area contributed by atoms with Crippen LogP contribution in [0.5, 0.6) is 0 Å². The van der Waals surface area contributed by atoms with Crippen LogP contribution in [0.15, 0.2) is 11.6 Å². The molecule has 0 spiro atoms. The number of aliphatic hydroxyl groups is 1. The standard InChI is InChI=1S/C23H31ClO3/c1-3-22-10-8-19-18-7-5-17(26)14-16(18)4-6-20(19)21(22)9-11-23(22,12-13-24)27-15(2)25/h14,17-21,26H,3-11H2,1-2H3/t17?,18-,19+,20+,21-,22-,23+/m0/s1. The van der Waals surface area contributed by atoms with E-state index in [0.717, 1.165) is 44.9 Å². The maximum atomic E-state index is 11.9. The first kappa shape index (κ1) is 19.3. The van der Waals surface area contributed by atoms with E-state index in [-0.39, 0.29) is 17.5 Å². The lowest BCUT2D eigenvalue weighted by atomic mass is 9.49. The number of hydrogen-bond acceptors (Lipinski definition) is 3. The summed E-state index contributed by atoms with van der Waals surface area (Å²) in [6, 6.07) is 0. The number of fused-ring (bicyclic) bond motifs is 5. The average Bonchev–Trinajstić information content (AvgIpc) is 2.95. The molecule has 0 bridgehead atoms. The summed E-state index contributed by atoms with van der Waals surface area (Å²) < 4.78 is 5.96. The lowest BCUT2D eigenvalue weighted by Crippen LogP contribution is -2.55. The van der Waals surface area contributed by atoms with Gasteiger partial charge < -0.3 is 9.84 Å². The lowest BCUT2D eigenvalue weighted by Gasteiger charge is -2.56. The minimum absolute atomic E-state index is 0.0723. The predicted molar refractivity (Wildman–Crippen MR) is 106 cm³/mol. The van der Waals surface area contributed by atoms with Crippen molar-refractivity contribution in [2.24, 2.45) is 29.1 Å². The highest BCUT2D eigenvalue weighted by molar-refractivity contribution is 6.30. The topological polar surface area (TPSA) is 46.5 Å². The van der Waals surface area contributed by atoms with Crippen molar-refractivity contribution in [1.29, 1.82) is 0 Å². The number of allylic oxidation sites excluding steroid dienone is 1. The van der Waals surface area contributed by atoms with Crippen LogP contribution in [0, 0.1) is 40.4 Å². The number of carbonyl (C=O) groups excluding carboxylic acids is 1. The quantitative estimate of drug-likeness (QED) is 0.418. The molecule has 0 aliphatic heterocycles. The Labute approximate surface area is 167 Å². The van der Waals surface area contributed by atoms with Gasteiger partial charge in [0.05, 0.1) is 6.10 Å². The number of hydrogen-bond donors (Lipinski definition) is 1. The average molecular weight is 391 g/mol. The number of rotatable bonds is 2. The first-order valence-corrected chi connectivity index (χ1v) is 11.0. The van der Waals surface area contributed by atoms with Crippen LogP contribution in [0.1, 0.15) is 71.6 Å². The van der Waals surface area contributed by atoms with Gasteiger partial charge in [0.25, 0.3) is 0 Å². The van der Waals surface area contributed by atoms with Crippen LogP contribution in [0.2, 0.25) is 0 Å². The van der Waals surface area contributed by atoms with Gasteiger partial charge in [-0.2, -0.15) is 0 Å². The van der Waals surface area contributed by atoms with Crippen LogP contribution in [-0.4, -0.2) is 22.8 Å². The molecule has 0 radical (unpaired) electrons. The third-order valence-electron chi connectivity index (χ3n) is 8.45. The number of halogens is 1. The van der Waals surface area contributed by atoms with Gasteiger partial charge in [0.2, 0.25) is 0 Å². The second-order valence-electron chi connectivity index (χ2n) is 9.19. The molecule has 7 atom stereocenters. The molecule has 0 heterocycles. The highest BCUT2D eigenvalue weighted by Gasteiger charge is 2.65. The van der Waals surface area contributed by atoms with E-state index in [1.54, 1.807) is 0 Å². The van der Waals surface area contributed by atoms with Gasteiger partial charge in [-0.05, 0) is 99.0 Å². The van der Waals surface area contributed by atoms with E-state index in [2.05, 4.69) is 24.3 Å². The van der Waals surface area contributed by atoms with Gasteiger partial charge in [-0.15, -0.1) is 0 Å². The van der Waals surface area contributed by atoms with Gasteiger partial charge >= 0.3 is 5.97 Å². The smallest absolute Gasteiger partial charge is 0.304 e. The van der Waals surface area contributed by atoms with E-state index in [4.69, 9.17) is 16.3 Å². The minimum Gasteiger partial charge on any atom is -0.445 e. The zero-order valence-electron chi connectivity index (χ0n) is 16.5. The molecule has 4 aliphatic rings. The van der Waals surface area contributed by atoms with Crippen LogP contribution < -0.4 is 0 Å². The van der Waals surface area contributed by atoms with E-state index in [9.17, 15) is 9.90 Å². The summed E-state index contributed by atoms with van der Waals surface area (Å²) in [6.07, 6.45) is 11.3. The summed E-state index contributed by atoms with van der Waals surface area (Å²) in [5, 5.41) is 12.6.